The van der Waals surface area contributed by atoms with Gasteiger partial charge in [-0.3, -0.25) is 14.4 Å². The number of aryl methyl sites for hydroxylation is 2. The van der Waals surface area contributed by atoms with Crippen molar-refractivity contribution in [1.82, 2.24) is 4.90 Å². The fourth-order valence-electron chi connectivity index (χ4n) is 7.20. The molecule has 3 fully saturated rings. The zero-order chi connectivity index (χ0) is 28.8. The number of nitrogens with zero attached hydrogens (tertiary/aromatic N) is 2. The quantitative estimate of drug-likeness (QED) is 0.359. The Balaban J connectivity index is 1.70. The lowest BCUT2D eigenvalue weighted by Gasteiger charge is -2.42. The molecule has 1 spiro atoms. The second kappa shape index (κ2) is 11.1. The molecule has 3 unspecified atom stereocenters. The molecular weight excluding hydrogens is 524 g/mol. The number of fused-ring (bicyclic) bond motifs is 1. The molecule has 7 atom stereocenters. The van der Waals surface area contributed by atoms with E-state index in [1.54, 1.807) is 34.6 Å². The Morgan fingerprint density at radius 1 is 1.25 bits per heavy atom. The maximum absolute atomic E-state index is 15.0. The number of hydrogen-bond acceptors (Lipinski definition) is 6. The Hall–Kier alpha value is -3.10. The zero-order valence-electron chi connectivity index (χ0n) is 23.6. The summed E-state index contributed by atoms with van der Waals surface area (Å²) in [7, 11) is 0. The Bertz CT molecular complexity index is 1320. The van der Waals surface area contributed by atoms with Gasteiger partial charge in [-0.2, -0.15) is 0 Å². The number of hydrogen-bond donors (Lipinski definition) is 1. The Morgan fingerprint density at radius 2 is 1.98 bits per heavy atom. The summed E-state index contributed by atoms with van der Waals surface area (Å²) in [5.41, 5.74) is 3.47. The van der Waals surface area contributed by atoms with Crippen LogP contribution in [0.2, 0.25) is 0 Å². The summed E-state index contributed by atoms with van der Waals surface area (Å²) in [6.07, 6.45) is 2.41. The summed E-state index contributed by atoms with van der Waals surface area (Å²) in [6, 6.07) is 13.7. The standard InChI is InChI=1S/C32H38N2O5S/c1-6-15-33(23-16-19(3)13-14-20(23)4)30(37)28-32-21(5)17-25(40-32)26(31(38)39-7-2)27(32)29(36)34(28)24(18-35)22-11-9-8-10-12-22/h6,8-14,16,21,24-28,35H,1,7,15,17-18H2,2-5H3/t21?,24-,25-,26+,27+,28?,32?/m1/s1. The second-order valence-corrected chi connectivity index (χ2v) is 12.7. The van der Waals surface area contributed by atoms with Crippen molar-refractivity contribution < 1.29 is 24.2 Å². The van der Waals surface area contributed by atoms with Gasteiger partial charge in [0, 0.05) is 17.5 Å². The van der Waals surface area contributed by atoms with Crippen LogP contribution in [0, 0.1) is 31.6 Å². The van der Waals surface area contributed by atoms with Crippen molar-refractivity contribution in [1.29, 1.82) is 0 Å². The van der Waals surface area contributed by atoms with Crippen molar-refractivity contribution in [2.75, 3.05) is 24.7 Å². The molecule has 7 nitrogen and oxygen atoms in total. The van der Waals surface area contributed by atoms with Gasteiger partial charge in [0.15, 0.2) is 0 Å². The lowest BCUT2D eigenvalue weighted by atomic mass is 9.66. The van der Waals surface area contributed by atoms with Gasteiger partial charge in [0.2, 0.25) is 5.91 Å². The van der Waals surface area contributed by atoms with Crippen LogP contribution in [0.25, 0.3) is 0 Å². The van der Waals surface area contributed by atoms with Crippen molar-refractivity contribution in [3.8, 4) is 0 Å². The average molecular weight is 563 g/mol. The van der Waals surface area contributed by atoms with E-state index in [-0.39, 0.29) is 48.7 Å². The van der Waals surface area contributed by atoms with Crippen LogP contribution >= 0.6 is 11.8 Å². The Morgan fingerprint density at radius 3 is 2.62 bits per heavy atom. The maximum Gasteiger partial charge on any atom is 0.310 e. The highest BCUT2D eigenvalue weighted by Crippen LogP contribution is 2.69. The van der Waals surface area contributed by atoms with Gasteiger partial charge in [-0.25, -0.2) is 0 Å². The van der Waals surface area contributed by atoms with Gasteiger partial charge < -0.3 is 19.6 Å². The number of carbonyl (C=O) groups is 3. The highest BCUT2D eigenvalue weighted by Gasteiger charge is 2.77. The number of thioether (sulfide) groups is 1. The zero-order valence-corrected chi connectivity index (χ0v) is 24.4. The molecule has 3 aliphatic heterocycles. The van der Waals surface area contributed by atoms with Gasteiger partial charge in [0.05, 0.1) is 35.8 Å². The number of aliphatic hydroxyl groups is 1. The second-order valence-electron chi connectivity index (χ2n) is 11.2. The van der Waals surface area contributed by atoms with Crippen LogP contribution in [0.15, 0.2) is 61.2 Å². The number of rotatable bonds is 9. The number of aliphatic hydroxyl groups excluding tert-OH is 1. The number of likely N-dealkylation sites (tertiary alicyclic amines) is 1. The van der Waals surface area contributed by atoms with E-state index >= 15 is 0 Å². The molecule has 5 rings (SSSR count). The first kappa shape index (κ1) is 28.4. The van der Waals surface area contributed by atoms with E-state index < -0.39 is 28.7 Å². The molecule has 0 aliphatic carbocycles. The Kier molecular flexibility index (Phi) is 7.86. The molecule has 2 amide bonds. The normalized spacial score (nSPS) is 29.3. The van der Waals surface area contributed by atoms with Gasteiger partial charge >= 0.3 is 5.97 Å². The van der Waals surface area contributed by atoms with Gasteiger partial charge in [-0.15, -0.1) is 18.3 Å². The van der Waals surface area contributed by atoms with Crippen molar-refractivity contribution in [2.24, 2.45) is 17.8 Å². The molecular formula is C32H38N2O5S. The summed E-state index contributed by atoms with van der Waals surface area (Å²) < 4.78 is 4.65. The Labute approximate surface area is 240 Å². The minimum absolute atomic E-state index is 0.000352. The van der Waals surface area contributed by atoms with E-state index in [1.807, 2.05) is 62.4 Å². The van der Waals surface area contributed by atoms with Crippen molar-refractivity contribution >= 4 is 35.2 Å². The number of amides is 2. The molecule has 3 heterocycles. The van der Waals surface area contributed by atoms with E-state index in [2.05, 4.69) is 13.5 Å². The molecule has 0 radical (unpaired) electrons. The van der Waals surface area contributed by atoms with Crippen LogP contribution in [0.5, 0.6) is 0 Å². The first-order valence-corrected chi connectivity index (χ1v) is 14.9. The molecule has 2 aromatic carbocycles. The lowest BCUT2D eigenvalue weighted by Crippen LogP contribution is -2.58. The topological polar surface area (TPSA) is 87.2 Å². The largest absolute Gasteiger partial charge is 0.466 e. The first-order chi connectivity index (χ1) is 19.2. The van der Waals surface area contributed by atoms with Crippen LogP contribution in [0.3, 0.4) is 0 Å². The fraction of sp³-hybridized carbons (Fsp3) is 0.469. The molecule has 212 valence electrons. The molecule has 2 aromatic rings. The summed E-state index contributed by atoms with van der Waals surface area (Å²) in [5, 5.41) is 10.6. The van der Waals surface area contributed by atoms with Crippen molar-refractivity contribution in [3.63, 3.8) is 0 Å². The molecule has 3 aliphatic rings. The van der Waals surface area contributed by atoms with Crippen LogP contribution in [0.1, 0.15) is 43.0 Å². The lowest BCUT2D eigenvalue weighted by molar-refractivity contribution is -0.154. The molecule has 3 saturated heterocycles. The van der Waals surface area contributed by atoms with Crippen molar-refractivity contribution in [3.05, 3.63) is 77.9 Å². The number of anilines is 1. The summed E-state index contributed by atoms with van der Waals surface area (Å²) >= 11 is 1.61. The summed E-state index contributed by atoms with van der Waals surface area (Å²) in [6.45, 7) is 11.9. The first-order valence-electron chi connectivity index (χ1n) is 14.0. The van der Waals surface area contributed by atoms with E-state index in [1.165, 1.54) is 0 Å². The molecule has 1 N–H and O–H groups in total. The highest BCUT2D eigenvalue weighted by atomic mass is 32.2. The van der Waals surface area contributed by atoms with Crippen LogP contribution in [-0.2, 0) is 19.1 Å². The maximum atomic E-state index is 15.0. The average Bonchev–Trinajstić information content (AvgIpc) is 3.54. The monoisotopic (exact) mass is 562 g/mol. The van der Waals surface area contributed by atoms with Gasteiger partial charge in [0.25, 0.3) is 5.91 Å². The van der Waals surface area contributed by atoms with Gasteiger partial charge in [-0.05, 0) is 55.9 Å². The van der Waals surface area contributed by atoms with Crippen molar-refractivity contribution in [2.45, 2.75) is 56.2 Å². The molecule has 40 heavy (non-hydrogen) atoms. The third-order valence-electron chi connectivity index (χ3n) is 8.90. The number of benzene rings is 2. The summed E-state index contributed by atoms with van der Waals surface area (Å²) in [5.74, 6) is -2.19. The molecule has 0 aromatic heterocycles. The summed E-state index contributed by atoms with van der Waals surface area (Å²) in [4.78, 5) is 46.1. The third-order valence-corrected chi connectivity index (χ3v) is 11.0. The molecule has 0 saturated carbocycles. The molecule has 8 heteroatoms. The predicted octanol–water partition coefficient (Wildman–Crippen LogP) is 4.46. The van der Waals surface area contributed by atoms with Gasteiger partial charge in [-0.1, -0.05) is 55.5 Å². The number of esters is 1. The van der Waals surface area contributed by atoms with E-state index in [0.29, 0.717) is 0 Å². The van der Waals surface area contributed by atoms with Crippen LogP contribution in [0.4, 0.5) is 5.69 Å². The highest BCUT2D eigenvalue weighted by molar-refractivity contribution is 8.02. The minimum atomic E-state index is -0.883. The predicted molar refractivity (Wildman–Crippen MR) is 157 cm³/mol. The van der Waals surface area contributed by atoms with E-state index in [4.69, 9.17) is 4.74 Å². The molecule has 2 bridgehead atoms. The van der Waals surface area contributed by atoms with Gasteiger partial charge in [0.1, 0.15) is 6.04 Å². The SMILES string of the molecule is C=CCN(C(=O)C1N([C@H](CO)c2ccccc2)C(=O)[C@@H]2[C@@H](C(=O)OCC)[C@H]3CC(C)C12S3)c1cc(C)ccc1C. The van der Waals surface area contributed by atoms with Crippen LogP contribution in [-0.4, -0.2) is 63.6 Å². The third kappa shape index (κ3) is 4.27. The number of carbonyl (C=O) groups excluding carboxylic acids is 3. The van der Waals surface area contributed by atoms with Crippen LogP contribution < -0.4 is 4.90 Å². The fourth-order valence-corrected chi connectivity index (χ4v) is 9.59. The van der Waals surface area contributed by atoms with E-state index in [9.17, 15) is 19.5 Å². The van der Waals surface area contributed by atoms with E-state index in [0.717, 1.165) is 28.8 Å². The minimum Gasteiger partial charge on any atom is -0.466 e. The smallest absolute Gasteiger partial charge is 0.310 e. The number of ether oxygens (including phenoxy) is 1.